The molecule has 0 saturated carbocycles. The summed E-state index contributed by atoms with van der Waals surface area (Å²) in [5.41, 5.74) is -0.244. The maximum absolute atomic E-state index is 14.7. The molecule has 0 spiro atoms. The van der Waals surface area contributed by atoms with Gasteiger partial charge in [-0.2, -0.15) is 9.97 Å². The van der Waals surface area contributed by atoms with Gasteiger partial charge in [0.1, 0.15) is 42.3 Å². The van der Waals surface area contributed by atoms with E-state index in [0.717, 1.165) is 38.8 Å². The number of alkyl halides is 1. The summed E-state index contributed by atoms with van der Waals surface area (Å²) in [4.78, 5) is 28.5. The molecule has 7 heterocycles. The summed E-state index contributed by atoms with van der Waals surface area (Å²) in [6.45, 7) is 2.62. The van der Waals surface area contributed by atoms with E-state index in [1.807, 2.05) is 6.07 Å². The van der Waals surface area contributed by atoms with Gasteiger partial charge in [-0.15, -0.1) is 0 Å². The second-order valence-corrected chi connectivity index (χ2v) is 13.3. The number of nitrogens with one attached hydrogen (secondary N) is 1. The van der Waals surface area contributed by atoms with Gasteiger partial charge in [0, 0.05) is 37.0 Å². The molecule has 4 fully saturated rings. The number of piperazine rings is 1. The Morgan fingerprint density at radius 1 is 1.16 bits per heavy atom. The van der Waals surface area contributed by atoms with E-state index < -0.39 is 23.1 Å². The Hall–Kier alpha value is -3.54. The van der Waals surface area contributed by atoms with Gasteiger partial charge in [0.2, 0.25) is 0 Å². The first-order chi connectivity index (χ1) is 21.4. The minimum absolute atomic E-state index is 0.00259. The zero-order valence-electron chi connectivity index (χ0n) is 23.9. The number of benzene rings is 2. The molecule has 2 aromatic carbocycles. The van der Waals surface area contributed by atoms with Crippen LogP contribution in [0.5, 0.6) is 11.8 Å². The number of halogens is 3. The first-order valence-electron chi connectivity index (χ1n) is 15.4. The number of hydrogen-bond acceptors (Lipinski definition) is 8. The van der Waals surface area contributed by atoms with Crippen molar-refractivity contribution in [3.05, 3.63) is 57.7 Å². The van der Waals surface area contributed by atoms with Crippen molar-refractivity contribution in [2.75, 3.05) is 37.7 Å². The molecule has 4 aromatic rings. The molecule has 1 N–H and O–H groups in total. The van der Waals surface area contributed by atoms with E-state index in [1.54, 1.807) is 24.4 Å². The molecular weight excluding hydrogens is 590 g/mol. The average Bonchev–Trinajstić information content (AvgIpc) is 3.66. The first kappa shape index (κ1) is 26.8. The van der Waals surface area contributed by atoms with E-state index in [9.17, 15) is 13.6 Å². The predicted octanol–water partition coefficient (Wildman–Crippen LogP) is 4.38. The fourth-order valence-corrected chi connectivity index (χ4v) is 8.65. The summed E-state index contributed by atoms with van der Waals surface area (Å²) in [6, 6.07) is 8.94. The minimum Gasteiger partial charge on any atom is -0.489 e. The summed E-state index contributed by atoms with van der Waals surface area (Å²) < 4.78 is 43.4. The lowest BCUT2D eigenvalue weighted by atomic mass is 9.95. The van der Waals surface area contributed by atoms with Crippen LogP contribution in [0.1, 0.15) is 32.1 Å². The number of hydrogen-bond donors (Lipinski definition) is 1. The van der Waals surface area contributed by atoms with Crippen molar-refractivity contribution in [2.45, 2.75) is 61.9 Å². The number of rotatable bonds is 4. The zero-order chi connectivity index (χ0) is 29.7. The van der Waals surface area contributed by atoms with Gasteiger partial charge in [-0.05, 0) is 49.7 Å². The molecule has 5 aliphatic rings. The summed E-state index contributed by atoms with van der Waals surface area (Å²) in [5.74, 6) is 0.507. The maximum atomic E-state index is 14.7. The maximum Gasteiger partial charge on any atom is 0.319 e. The van der Waals surface area contributed by atoms with Crippen molar-refractivity contribution in [1.82, 2.24) is 24.8 Å². The Balaban J connectivity index is 1.23. The lowest BCUT2D eigenvalue weighted by Crippen LogP contribution is -2.60. The number of nitrogens with zero attached hydrogens (tertiary/aromatic N) is 5. The van der Waals surface area contributed by atoms with Crippen LogP contribution in [0.3, 0.4) is 0 Å². The first-order valence-corrected chi connectivity index (χ1v) is 15.8. The van der Waals surface area contributed by atoms with Crippen molar-refractivity contribution in [1.29, 1.82) is 0 Å². The Morgan fingerprint density at radius 2 is 2.07 bits per heavy atom. The number of ether oxygens (including phenoxy) is 2. The van der Waals surface area contributed by atoms with E-state index in [-0.39, 0.29) is 35.2 Å². The highest BCUT2D eigenvalue weighted by Crippen LogP contribution is 2.43. The Bertz CT molecular complexity index is 1910. The third kappa shape index (κ3) is 3.91. The molecule has 9 rings (SSSR count). The van der Waals surface area contributed by atoms with Gasteiger partial charge >= 0.3 is 6.01 Å². The van der Waals surface area contributed by atoms with Crippen LogP contribution in [0.4, 0.5) is 14.6 Å². The SMILES string of the molecule is O=c1c2nc(OC[C@@]34CCCN3C[C@H](F)C4)nc3c2c(cn1-c1cccc2ccc(F)c(Cl)c12)OC[C@@H]1[C@@H]2CC[C@H](CN31)N2. The minimum atomic E-state index is -0.887. The Morgan fingerprint density at radius 3 is 2.98 bits per heavy atom. The normalized spacial score (nSPS) is 29.1. The Labute approximate surface area is 256 Å². The quantitative estimate of drug-likeness (QED) is 0.360. The number of fused-ring (bicyclic) bond motifs is 7. The predicted molar refractivity (Wildman–Crippen MR) is 163 cm³/mol. The molecule has 12 heteroatoms. The van der Waals surface area contributed by atoms with Gasteiger partial charge in [0.05, 0.1) is 33.9 Å². The molecule has 4 saturated heterocycles. The largest absolute Gasteiger partial charge is 0.489 e. The molecule has 5 aliphatic heterocycles. The molecule has 2 bridgehead atoms. The highest BCUT2D eigenvalue weighted by atomic mass is 35.5. The lowest BCUT2D eigenvalue weighted by molar-refractivity contribution is 0.107. The summed E-state index contributed by atoms with van der Waals surface area (Å²) in [5, 5.41) is 5.29. The molecule has 0 aliphatic carbocycles. The van der Waals surface area contributed by atoms with Crippen molar-refractivity contribution >= 4 is 39.1 Å². The van der Waals surface area contributed by atoms with E-state index in [0.29, 0.717) is 59.0 Å². The van der Waals surface area contributed by atoms with Crippen LogP contribution in [0, 0.1) is 5.82 Å². The third-order valence-electron chi connectivity index (χ3n) is 10.4. The smallest absolute Gasteiger partial charge is 0.319 e. The van der Waals surface area contributed by atoms with Crippen LogP contribution >= 0.6 is 11.6 Å². The average molecular weight is 621 g/mol. The van der Waals surface area contributed by atoms with Crippen LogP contribution < -0.4 is 25.2 Å². The van der Waals surface area contributed by atoms with Crippen LogP contribution in [0.25, 0.3) is 27.4 Å². The van der Waals surface area contributed by atoms with Gasteiger partial charge in [-0.25, -0.2) is 8.78 Å². The topological polar surface area (TPSA) is 84.8 Å². The molecule has 9 nitrogen and oxygen atoms in total. The van der Waals surface area contributed by atoms with Gasteiger partial charge in [0.25, 0.3) is 5.56 Å². The molecule has 2 aromatic heterocycles. The van der Waals surface area contributed by atoms with Gasteiger partial charge < -0.3 is 19.7 Å². The van der Waals surface area contributed by atoms with E-state index in [2.05, 4.69) is 15.1 Å². The number of pyridine rings is 1. The second-order valence-electron chi connectivity index (χ2n) is 12.9. The van der Waals surface area contributed by atoms with E-state index >= 15 is 0 Å². The van der Waals surface area contributed by atoms with Crippen LogP contribution in [-0.4, -0.2) is 82.1 Å². The second kappa shape index (κ2) is 9.73. The molecular formula is C32H31ClF2N6O3. The van der Waals surface area contributed by atoms with Crippen molar-refractivity contribution in [3.63, 3.8) is 0 Å². The van der Waals surface area contributed by atoms with Gasteiger partial charge in [0.15, 0.2) is 0 Å². The third-order valence-corrected chi connectivity index (χ3v) is 10.8. The van der Waals surface area contributed by atoms with Crippen LogP contribution in [0.15, 0.2) is 41.3 Å². The van der Waals surface area contributed by atoms with E-state index in [1.165, 1.54) is 10.6 Å². The highest BCUT2D eigenvalue weighted by Gasteiger charge is 2.50. The monoisotopic (exact) mass is 620 g/mol. The van der Waals surface area contributed by atoms with Crippen LogP contribution in [0.2, 0.25) is 5.02 Å². The Kier molecular flexibility index (Phi) is 5.93. The molecule has 0 amide bonds. The molecule has 0 radical (unpaired) electrons. The van der Waals surface area contributed by atoms with Crippen molar-refractivity contribution < 1.29 is 18.3 Å². The fourth-order valence-electron chi connectivity index (χ4n) is 8.38. The lowest BCUT2D eigenvalue weighted by Gasteiger charge is -2.40. The number of aromatic nitrogens is 3. The van der Waals surface area contributed by atoms with Gasteiger partial charge in [-0.3, -0.25) is 14.3 Å². The van der Waals surface area contributed by atoms with E-state index in [4.69, 9.17) is 31.0 Å². The zero-order valence-corrected chi connectivity index (χ0v) is 24.7. The number of anilines is 1. The summed E-state index contributed by atoms with van der Waals surface area (Å²) in [7, 11) is 0. The fraction of sp³-hybridized carbons (Fsp3) is 0.469. The highest BCUT2D eigenvalue weighted by molar-refractivity contribution is 6.36. The molecule has 44 heavy (non-hydrogen) atoms. The molecule has 228 valence electrons. The summed E-state index contributed by atoms with van der Waals surface area (Å²) in [6.07, 6.45) is 5.10. The molecule has 5 atom stereocenters. The van der Waals surface area contributed by atoms with Crippen molar-refractivity contribution in [2.24, 2.45) is 0 Å². The molecule has 0 unspecified atom stereocenters. The van der Waals surface area contributed by atoms with Gasteiger partial charge in [-0.1, -0.05) is 29.8 Å². The van der Waals surface area contributed by atoms with Crippen LogP contribution in [-0.2, 0) is 0 Å². The van der Waals surface area contributed by atoms with Crippen molar-refractivity contribution in [3.8, 4) is 17.4 Å². The summed E-state index contributed by atoms with van der Waals surface area (Å²) >= 11 is 6.48. The standard InChI is InChI=1S/C32H31ClF2N6O3/c33-27-20(35)7-5-17-3-1-4-22(25(17)27)41-14-24-26-28(30(41)42)37-31(44-16-32-9-2-10-39(32)12-18(34)11-32)38-29(26)40-13-19-6-8-21(36-19)23(40)15-43-24/h1,3-5,7,14,18-19,21,23,36H,2,6,8-13,15-16H2/t18-,19-,21+,23-,32+/m1/s1.